The number of carbonyl (C=O) groups excluding carboxylic acids is 1. The van der Waals surface area contributed by atoms with Crippen molar-refractivity contribution in [2.75, 3.05) is 0 Å². The Bertz CT molecular complexity index is 750. The van der Waals surface area contributed by atoms with Crippen LogP contribution in [-0.4, -0.2) is 22.0 Å². The number of hydrogen-bond donors (Lipinski definition) is 2. The van der Waals surface area contributed by atoms with Gasteiger partial charge in [0.2, 0.25) is 0 Å². The molecule has 0 aliphatic heterocycles. The van der Waals surface area contributed by atoms with Gasteiger partial charge in [-0.2, -0.15) is 0 Å². The summed E-state index contributed by atoms with van der Waals surface area (Å²) >= 11 is 0. The number of carboxylic acid groups (broad SMARTS) is 1. The molecule has 2 aromatic carbocycles. The zero-order valence-corrected chi connectivity index (χ0v) is 11.5. The third-order valence-corrected chi connectivity index (χ3v) is 3.05. The number of hydrogen-bond acceptors (Lipinski definition) is 3. The fourth-order valence-electron chi connectivity index (χ4n) is 1.97. The van der Waals surface area contributed by atoms with Crippen LogP contribution in [0.1, 0.15) is 16.7 Å². The van der Waals surface area contributed by atoms with Crippen molar-refractivity contribution in [3.8, 4) is 0 Å². The zero-order chi connectivity index (χ0) is 16.1. The first-order valence-corrected chi connectivity index (χ1v) is 6.48. The van der Waals surface area contributed by atoms with Crippen LogP contribution in [-0.2, 0) is 16.0 Å². The van der Waals surface area contributed by atoms with Crippen LogP contribution >= 0.6 is 0 Å². The van der Waals surface area contributed by atoms with Gasteiger partial charge >= 0.3 is 5.97 Å². The van der Waals surface area contributed by atoms with Crippen LogP contribution < -0.4 is 0 Å². The summed E-state index contributed by atoms with van der Waals surface area (Å²) in [5.74, 6) is -3.62. The van der Waals surface area contributed by atoms with Crippen LogP contribution in [0.2, 0.25) is 0 Å². The van der Waals surface area contributed by atoms with Gasteiger partial charge in [0.25, 0.3) is 5.78 Å². The Hall–Kier alpha value is -2.95. The molecule has 5 heteroatoms. The van der Waals surface area contributed by atoms with Crippen molar-refractivity contribution < 1.29 is 24.2 Å². The smallest absolute Gasteiger partial charge is 0.376 e. The molecule has 0 amide bonds. The Labute approximate surface area is 126 Å². The Kier molecular flexibility index (Phi) is 4.68. The third kappa shape index (κ3) is 3.79. The molecule has 0 radical (unpaired) electrons. The van der Waals surface area contributed by atoms with Gasteiger partial charge < -0.3 is 10.2 Å². The van der Waals surface area contributed by atoms with Crippen LogP contribution in [0.3, 0.4) is 0 Å². The summed E-state index contributed by atoms with van der Waals surface area (Å²) in [7, 11) is 0. The van der Waals surface area contributed by atoms with E-state index in [0.29, 0.717) is 23.6 Å². The molecule has 0 saturated heterocycles. The lowest BCUT2D eigenvalue weighted by atomic mass is 10.0. The summed E-state index contributed by atoms with van der Waals surface area (Å²) in [4.78, 5) is 21.5. The van der Waals surface area contributed by atoms with Crippen molar-refractivity contribution in [3.05, 3.63) is 77.1 Å². The van der Waals surface area contributed by atoms with E-state index < -0.39 is 17.5 Å². The Morgan fingerprint density at radius 2 is 1.77 bits per heavy atom. The van der Waals surface area contributed by atoms with E-state index in [9.17, 15) is 19.1 Å². The van der Waals surface area contributed by atoms with E-state index in [1.165, 1.54) is 12.1 Å². The van der Waals surface area contributed by atoms with E-state index in [-0.39, 0.29) is 5.82 Å². The van der Waals surface area contributed by atoms with Gasteiger partial charge in [-0.1, -0.05) is 36.4 Å². The van der Waals surface area contributed by atoms with E-state index in [0.717, 1.165) is 5.56 Å². The first-order chi connectivity index (χ1) is 10.5. The molecule has 0 unspecified atom stereocenters. The van der Waals surface area contributed by atoms with Crippen molar-refractivity contribution in [2.45, 2.75) is 6.42 Å². The zero-order valence-electron chi connectivity index (χ0n) is 11.5. The number of ketones is 1. The van der Waals surface area contributed by atoms with E-state index in [4.69, 9.17) is 5.11 Å². The van der Waals surface area contributed by atoms with E-state index in [1.54, 1.807) is 36.4 Å². The molecule has 22 heavy (non-hydrogen) atoms. The minimum absolute atomic E-state index is 0.295. The summed E-state index contributed by atoms with van der Waals surface area (Å²) in [5.41, 5.74) is 1.53. The molecule has 0 atom stereocenters. The second-order valence-electron chi connectivity index (χ2n) is 4.67. The minimum Gasteiger partial charge on any atom is -0.507 e. The number of rotatable bonds is 5. The highest BCUT2D eigenvalue weighted by molar-refractivity contribution is 6.38. The molecule has 0 spiro atoms. The van der Waals surface area contributed by atoms with Gasteiger partial charge in [-0.15, -0.1) is 0 Å². The molecule has 2 N–H and O–H groups in total. The highest BCUT2D eigenvalue weighted by Crippen LogP contribution is 2.17. The normalized spacial score (nSPS) is 11.2. The highest BCUT2D eigenvalue weighted by Gasteiger charge is 2.11. The Balaban J connectivity index is 2.25. The predicted molar refractivity (Wildman–Crippen MR) is 78.9 cm³/mol. The first kappa shape index (κ1) is 15.4. The van der Waals surface area contributed by atoms with Gasteiger partial charge in [-0.05, 0) is 23.3 Å². The lowest BCUT2D eigenvalue weighted by Gasteiger charge is -2.06. The number of aliphatic carboxylic acids is 1. The number of aliphatic hydroxyl groups excluding tert-OH is 1. The summed E-state index contributed by atoms with van der Waals surface area (Å²) in [6.45, 7) is 0. The molecule has 112 valence electrons. The number of carbonyl (C=O) groups is 2. The SMILES string of the molecule is O=C(O)C(=O)/C=C(\O)c1cccc(Cc2ccccc2F)c1. The minimum atomic E-state index is -1.64. The van der Waals surface area contributed by atoms with Gasteiger partial charge in [-0.25, -0.2) is 9.18 Å². The van der Waals surface area contributed by atoms with Crippen molar-refractivity contribution in [1.82, 2.24) is 0 Å². The van der Waals surface area contributed by atoms with Crippen LogP contribution in [0.4, 0.5) is 4.39 Å². The standard InChI is InChI=1S/C17H13FO4/c18-14-7-2-1-5-12(14)8-11-4-3-6-13(9-11)15(19)10-16(20)17(21)22/h1-7,9-10,19H,8H2,(H,21,22)/b15-10-. The number of benzene rings is 2. The molecule has 0 fully saturated rings. The molecule has 0 aromatic heterocycles. The van der Waals surface area contributed by atoms with E-state index in [1.807, 2.05) is 0 Å². The van der Waals surface area contributed by atoms with Crippen molar-refractivity contribution in [1.29, 1.82) is 0 Å². The molecule has 0 saturated carbocycles. The lowest BCUT2D eigenvalue weighted by Crippen LogP contribution is -2.09. The van der Waals surface area contributed by atoms with Gasteiger partial charge in [-0.3, -0.25) is 4.79 Å². The molecule has 0 heterocycles. The van der Waals surface area contributed by atoms with Crippen molar-refractivity contribution in [2.24, 2.45) is 0 Å². The van der Waals surface area contributed by atoms with E-state index in [2.05, 4.69) is 0 Å². The molecule has 0 bridgehead atoms. The number of halogens is 1. The Morgan fingerprint density at radius 1 is 1.05 bits per heavy atom. The predicted octanol–water partition coefficient (Wildman–Crippen LogP) is 2.97. The summed E-state index contributed by atoms with van der Waals surface area (Å²) < 4.78 is 13.6. The van der Waals surface area contributed by atoms with Gasteiger partial charge in [0, 0.05) is 18.1 Å². The second kappa shape index (κ2) is 6.67. The largest absolute Gasteiger partial charge is 0.507 e. The maximum atomic E-state index is 13.6. The fraction of sp³-hybridized carbons (Fsp3) is 0.0588. The molecule has 4 nitrogen and oxygen atoms in total. The quantitative estimate of drug-likeness (QED) is 0.506. The molecule has 2 aromatic rings. The highest BCUT2D eigenvalue weighted by atomic mass is 19.1. The molecule has 0 aliphatic carbocycles. The monoisotopic (exact) mass is 300 g/mol. The fourth-order valence-corrected chi connectivity index (χ4v) is 1.97. The van der Waals surface area contributed by atoms with Crippen LogP contribution in [0.15, 0.2) is 54.6 Å². The van der Waals surface area contributed by atoms with Crippen LogP contribution in [0, 0.1) is 5.82 Å². The average Bonchev–Trinajstić information content (AvgIpc) is 2.49. The van der Waals surface area contributed by atoms with E-state index >= 15 is 0 Å². The van der Waals surface area contributed by atoms with Crippen molar-refractivity contribution >= 4 is 17.5 Å². The summed E-state index contributed by atoms with van der Waals surface area (Å²) in [5, 5.41) is 18.3. The first-order valence-electron chi connectivity index (χ1n) is 6.48. The molecule has 2 rings (SSSR count). The number of aliphatic hydroxyl groups is 1. The summed E-state index contributed by atoms with van der Waals surface area (Å²) in [6.07, 6.45) is 0.964. The van der Waals surface area contributed by atoms with Gasteiger partial charge in [0.1, 0.15) is 11.6 Å². The molecular formula is C17H13FO4. The number of carboxylic acids is 1. The summed E-state index contributed by atoms with van der Waals surface area (Å²) in [6, 6.07) is 12.8. The third-order valence-electron chi connectivity index (χ3n) is 3.05. The van der Waals surface area contributed by atoms with Crippen molar-refractivity contribution in [3.63, 3.8) is 0 Å². The van der Waals surface area contributed by atoms with Gasteiger partial charge in [0.15, 0.2) is 0 Å². The van der Waals surface area contributed by atoms with Crippen LogP contribution in [0.5, 0.6) is 0 Å². The van der Waals surface area contributed by atoms with Gasteiger partial charge in [0.05, 0.1) is 0 Å². The maximum Gasteiger partial charge on any atom is 0.376 e. The Morgan fingerprint density at radius 3 is 2.45 bits per heavy atom. The topological polar surface area (TPSA) is 74.6 Å². The average molecular weight is 300 g/mol. The molecular weight excluding hydrogens is 287 g/mol. The molecule has 0 aliphatic rings. The lowest BCUT2D eigenvalue weighted by molar-refractivity contribution is -0.146. The maximum absolute atomic E-state index is 13.6. The van der Waals surface area contributed by atoms with Crippen LogP contribution in [0.25, 0.3) is 5.76 Å². The second-order valence-corrected chi connectivity index (χ2v) is 4.67.